The Bertz CT molecular complexity index is 1420. The highest BCUT2D eigenvalue weighted by molar-refractivity contribution is 6.91. The highest BCUT2D eigenvalue weighted by Crippen LogP contribution is 2.27. The van der Waals surface area contributed by atoms with E-state index >= 15 is 0 Å². The summed E-state index contributed by atoms with van der Waals surface area (Å²) in [5.74, 6) is -0.353. The number of carbonyl (C=O) groups is 1. The first-order valence-electron chi connectivity index (χ1n) is 13.1. The minimum atomic E-state index is -1.71. The average Bonchev–Trinajstić information content (AvgIpc) is 3.28. The van der Waals surface area contributed by atoms with Crippen LogP contribution < -0.4 is 10.6 Å². The topological polar surface area (TPSA) is 68.7 Å². The number of amides is 1. The van der Waals surface area contributed by atoms with Gasteiger partial charge in [-0.25, -0.2) is 4.39 Å². The van der Waals surface area contributed by atoms with Crippen LogP contribution in [0.5, 0.6) is 0 Å². The average molecular weight is 512 g/mol. The van der Waals surface area contributed by atoms with E-state index in [1.54, 1.807) is 6.07 Å². The van der Waals surface area contributed by atoms with Gasteiger partial charge < -0.3 is 10.3 Å². The minimum Gasteiger partial charge on any atom is -0.362 e. The molecule has 190 valence electrons. The number of aromatic amines is 1. The summed E-state index contributed by atoms with van der Waals surface area (Å²) < 4.78 is 13.5. The van der Waals surface area contributed by atoms with Crippen LogP contribution in [-0.2, 0) is 12.8 Å². The van der Waals surface area contributed by atoms with E-state index in [1.165, 1.54) is 23.0 Å². The van der Waals surface area contributed by atoms with Crippen molar-refractivity contribution in [3.8, 4) is 6.07 Å². The summed E-state index contributed by atoms with van der Waals surface area (Å²) in [5, 5.41) is 15.0. The molecule has 6 heteroatoms. The van der Waals surface area contributed by atoms with E-state index in [2.05, 4.69) is 37.1 Å². The van der Waals surface area contributed by atoms with Gasteiger partial charge in [0.25, 0.3) is 5.91 Å². The largest absolute Gasteiger partial charge is 0.362 e. The van der Waals surface area contributed by atoms with E-state index < -0.39 is 8.07 Å². The lowest BCUT2D eigenvalue weighted by molar-refractivity contribution is 0.0954. The minimum absolute atomic E-state index is 0.110. The van der Waals surface area contributed by atoms with Gasteiger partial charge in [0.1, 0.15) is 13.9 Å². The third-order valence-corrected chi connectivity index (χ3v) is 13.3. The number of hydrogen-bond donors (Lipinski definition) is 2. The van der Waals surface area contributed by atoms with Crippen molar-refractivity contribution in [2.75, 3.05) is 6.54 Å². The first-order chi connectivity index (χ1) is 17.9. The molecule has 0 saturated heterocycles. The molecular weight excluding hydrogens is 477 g/mol. The van der Waals surface area contributed by atoms with Gasteiger partial charge in [-0.3, -0.25) is 4.79 Å². The molecule has 0 aliphatic carbocycles. The van der Waals surface area contributed by atoms with Gasteiger partial charge in [0.15, 0.2) is 0 Å². The van der Waals surface area contributed by atoms with E-state index in [0.29, 0.717) is 30.5 Å². The fourth-order valence-electron chi connectivity index (χ4n) is 5.37. The number of H-pyrrole nitrogens is 1. The Labute approximate surface area is 219 Å². The number of carbonyl (C=O) groups excluding carboxylic acids is 1. The molecule has 0 radical (unpaired) electrons. The van der Waals surface area contributed by atoms with Gasteiger partial charge in [0, 0.05) is 28.3 Å². The number of hydrogen-bond acceptors (Lipinski definition) is 2. The van der Waals surface area contributed by atoms with Crippen molar-refractivity contribution >= 4 is 30.2 Å². The summed E-state index contributed by atoms with van der Waals surface area (Å²) in [5.41, 5.74) is 5.49. The number of halogens is 1. The van der Waals surface area contributed by atoms with Gasteiger partial charge in [-0.1, -0.05) is 63.2 Å². The fraction of sp³-hybridized carbons (Fsp3) is 0.290. The lowest BCUT2D eigenvalue weighted by Gasteiger charge is -2.28. The van der Waals surface area contributed by atoms with Crippen LogP contribution in [0.15, 0.2) is 66.7 Å². The quantitative estimate of drug-likeness (QED) is 0.240. The molecule has 0 saturated carbocycles. The molecule has 0 aliphatic heterocycles. The number of nitriles is 1. The predicted molar refractivity (Wildman–Crippen MR) is 152 cm³/mol. The van der Waals surface area contributed by atoms with Crippen LogP contribution in [0.3, 0.4) is 0 Å². The number of aromatic nitrogens is 1. The molecule has 4 aromatic rings. The zero-order valence-electron chi connectivity index (χ0n) is 21.8. The Morgan fingerprint density at radius 3 is 2.35 bits per heavy atom. The van der Waals surface area contributed by atoms with Crippen molar-refractivity contribution in [1.82, 2.24) is 10.3 Å². The zero-order valence-corrected chi connectivity index (χ0v) is 22.8. The number of fused-ring (bicyclic) bond motifs is 1. The molecule has 0 unspecified atom stereocenters. The molecule has 1 heterocycles. The second-order valence-electron chi connectivity index (χ2n) is 9.70. The number of benzene rings is 3. The van der Waals surface area contributed by atoms with Crippen LogP contribution in [-0.4, -0.2) is 25.5 Å². The van der Waals surface area contributed by atoms with Crippen molar-refractivity contribution in [3.63, 3.8) is 0 Å². The maximum Gasteiger partial charge on any atom is 0.251 e. The molecule has 4 nitrogen and oxygen atoms in total. The molecule has 1 aromatic heterocycles. The van der Waals surface area contributed by atoms with Gasteiger partial charge in [-0.2, -0.15) is 5.26 Å². The van der Waals surface area contributed by atoms with Crippen LogP contribution in [0.4, 0.5) is 4.39 Å². The second-order valence-corrected chi connectivity index (χ2v) is 14.9. The van der Waals surface area contributed by atoms with Gasteiger partial charge in [-0.05, 0) is 72.0 Å². The molecule has 37 heavy (non-hydrogen) atoms. The molecule has 0 bridgehead atoms. The zero-order chi connectivity index (χ0) is 26.4. The summed E-state index contributed by atoms with van der Waals surface area (Å²) in [6.45, 7) is 7.38. The summed E-state index contributed by atoms with van der Waals surface area (Å²) in [6, 6.07) is 25.6. The number of nitrogens with zero attached hydrogens (tertiary/aromatic N) is 1. The normalized spacial score (nSPS) is 11.4. The van der Waals surface area contributed by atoms with Crippen LogP contribution in [0.2, 0.25) is 18.1 Å². The molecule has 0 fully saturated rings. The van der Waals surface area contributed by atoms with Crippen LogP contribution in [0, 0.1) is 17.1 Å². The van der Waals surface area contributed by atoms with Crippen molar-refractivity contribution in [2.45, 2.75) is 51.7 Å². The highest BCUT2D eigenvalue weighted by atomic mass is 28.3. The summed E-state index contributed by atoms with van der Waals surface area (Å²) in [4.78, 5) is 16.6. The van der Waals surface area contributed by atoms with Crippen molar-refractivity contribution in [1.29, 1.82) is 5.26 Å². The number of rotatable bonds is 10. The smallest absolute Gasteiger partial charge is 0.251 e. The molecule has 0 atom stereocenters. The Hall–Kier alpha value is -3.69. The Balaban J connectivity index is 1.49. The summed E-state index contributed by atoms with van der Waals surface area (Å²) >= 11 is 0. The molecule has 0 aliphatic rings. The molecule has 1 amide bonds. The fourth-order valence-corrected chi connectivity index (χ4v) is 9.23. The third kappa shape index (κ3) is 5.68. The van der Waals surface area contributed by atoms with Crippen LogP contribution in [0.1, 0.15) is 53.4 Å². The van der Waals surface area contributed by atoms with Crippen molar-refractivity contribution in [3.05, 3.63) is 100 Å². The predicted octanol–water partition coefficient (Wildman–Crippen LogP) is 6.46. The summed E-state index contributed by atoms with van der Waals surface area (Å²) in [6.07, 6.45) is 1.33. The summed E-state index contributed by atoms with van der Waals surface area (Å²) in [7, 11) is -1.71. The van der Waals surface area contributed by atoms with E-state index in [-0.39, 0.29) is 11.7 Å². The molecule has 0 spiro atoms. The first-order valence-corrected chi connectivity index (χ1v) is 15.7. The first kappa shape index (κ1) is 26.4. The standard InChI is InChI=1S/C31H34FN3OSi/c1-4-37(5-2,6-3)31-27(28-20-24(21-33)12-15-29(28)35-31)16-17-34-30(36)25-13-10-22(11-14-25)18-23-8-7-9-26(32)19-23/h7-15,19-20,35H,4-6,16-18H2,1-3H3,(H,34,36). The lowest BCUT2D eigenvalue weighted by atomic mass is 10.0. The van der Waals surface area contributed by atoms with E-state index in [4.69, 9.17) is 0 Å². The van der Waals surface area contributed by atoms with Crippen molar-refractivity contribution < 1.29 is 9.18 Å². The van der Waals surface area contributed by atoms with E-state index in [0.717, 1.165) is 40.2 Å². The molecule has 3 aromatic carbocycles. The van der Waals surface area contributed by atoms with E-state index in [1.807, 2.05) is 48.5 Å². The van der Waals surface area contributed by atoms with Crippen LogP contribution >= 0.6 is 0 Å². The monoisotopic (exact) mass is 511 g/mol. The van der Waals surface area contributed by atoms with Gasteiger partial charge in [0.05, 0.1) is 11.6 Å². The SMILES string of the molecule is CC[Si](CC)(CC)c1[nH]c2ccc(C#N)cc2c1CCNC(=O)c1ccc(Cc2cccc(F)c2)cc1. The Morgan fingerprint density at radius 1 is 0.973 bits per heavy atom. The van der Waals surface area contributed by atoms with Crippen LogP contribution in [0.25, 0.3) is 10.9 Å². The lowest BCUT2D eigenvalue weighted by Crippen LogP contribution is -2.48. The van der Waals surface area contributed by atoms with Gasteiger partial charge in [0.2, 0.25) is 0 Å². The van der Waals surface area contributed by atoms with E-state index in [9.17, 15) is 14.4 Å². The van der Waals surface area contributed by atoms with Gasteiger partial charge >= 0.3 is 0 Å². The molecule has 2 N–H and O–H groups in total. The third-order valence-electron chi connectivity index (χ3n) is 7.77. The number of nitrogens with one attached hydrogen (secondary N) is 2. The van der Waals surface area contributed by atoms with Crippen molar-refractivity contribution in [2.24, 2.45) is 0 Å². The Kier molecular flexibility index (Phi) is 8.25. The maximum absolute atomic E-state index is 13.5. The Morgan fingerprint density at radius 2 is 1.70 bits per heavy atom. The highest BCUT2D eigenvalue weighted by Gasteiger charge is 2.34. The van der Waals surface area contributed by atoms with Gasteiger partial charge in [-0.15, -0.1) is 0 Å². The maximum atomic E-state index is 13.5. The molecular formula is C31H34FN3OSi. The molecule has 4 rings (SSSR count). The second kappa shape index (κ2) is 11.6.